The van der Waals surface area contributed by atoms with E-state index in [-0.39, 0.29) is 49.6 Å². The fourth-order valence-corrected chi connectivity index (χ4v) is 10.3. The van der Waals surface area contributed by atoms with Crippen molar-refractivity contribution < 1.29 is 37.4 Å². The molecule has 5 fully saturated rings. The van der Waals surface area contributed by atoms with Crippen molar-refractivity contribution in [1.82, 2.24) is 24.4 Å². The van der Waals surface area contributed by atoms with Gasteiger partial charge in [-0.05, 0) is 69.4 Å². The van der Waals surface area contributed by atoms with Crippen molar-refractivity contribution in [3.05, 3.63) is 67.3 Å². The Hall–Kier alpha value is -4.82. The van der Waals surface area contributed by atoms with Gasteiger partial charge in [-0.15, -0.1) is 6.58 Å². The lowest BCUT2D eigenvalue weighted by atomic mass is 9.77. The van der Waals surface area contributed by atoms with Gasteiger partial charge in [0.15, 0.2) is 0 Å². The summed E-state index contributed by atoms with van der Waals surface area (Å²) in [6, 6.07) is 15.8. The molecule has 3 aliphatic carbocycles. The Balaban J connectivity index is 1.13. The first-order valence-electron chi connectivity index (χ1n) is 21.3. The van der Waals surface area contributed by atoms with Gasteiger partial charge in [0, 0.05) is 66.9 Å². The predicted octanol–water partition coefficient (Wildman–Crippen LogP) is 6.05. The molecule has 4 unspecified atom stereocenters. The second kappa shape index (κ2) is 17.4. The summed E-state index contributed by atoms with van der Waals surface area (Å²) in [6.07, 6.45) is 10.2. The van der Waals surface area contributed by atoms with Gasteiger partial charge in [0.05, 0.1) is 24.9 Å². The van der Waals surface area contributed by atoms with E-state index in [2.05, 4.69) is 11.9 Å². The molecule has 0 spiro atoms. The maximum Gasteiger partial charge on any atom is 0.264 e. The molecule has 8 rings (SSSR count). The molecule has 2 N–H and O–H groups in total. The van der Waals surface area contributed by atoms with Crippen LogP contribution < -0.4 is 14.8 Å². The van der Waals surface area contributed by atoms with E-state index in [1.807, 2.05) is 59.5 Å². The summed E-state index contributed by atoms with van der Waals surface area (Å²) in [5.74, 6) is -1.35. The van der Waals surface area contributed by atoms with Crippen molar-refractivity contribution in [1.29, 1.82) is 0 Å². The van der Waals surface area contributed by atoms with Crippen LogP contribution >= 0.6 is 0 Å². The SMILES string of the molecule is C=CC1CC1(NC(=O)C1C[C@@H](Oc2cc(-c3ccccc3)nc3cc(OC)ccc23)CN1C(=O)[C@@H](CC(=O)N1CCCCC1)C1CCCCC1)C(=O)N(C1CC1)S(=O)O. The average molecular weight is 826 g/mol. The molecule has 1 aromatic heterocycles. The van der Waals surface area contributed by atoms with Crippen LogP contribution in [0.25, 0.3) is 22.2 Å². The Labute approximate surface area is 348 Å². The van der Waals surface area contributed by atoms with Crippen LogP contribution in [0, 0.1) is 17.8 Å². The van der Waals surface area contributed by atoms with Gasteiger partial charge in [-0.25, -0.2) is 13.5 Å². The zero-order chi connectivity index (χ0) is 41.3. The van der Waals surface area contributed by atoms with Gasteiger partial charge in [0.25, 0.3) is 17.2 Å². The highest BCUT2D eigenvalue weighted by atomic mass is 32.2. The molecular formula is C45H55N5O8S. The van der Waals surface area contributed by atoms with Crippen LogP contribution in [0.3, 0.4) is 0 Å². The molecule has 314 valence electrons. The van der Waals surface area contributed by atoms with Crippen molar-refractivity contribution >= 4 is 45.8 Å². The molecule has 2 saturated heterocycles. The molecule has 2 aliphatic heterocycles. The van der Waals surface area contributed by atoms with Crippen molar-refractivity contribution in [2.75, 3.05) is 26.7 Å². The number of benzene rings is 2. The molecule has 13 nitrogen and oxygen atoms in total. The standard InChI is InChI=1S/C45H55N5O8S/c1-3-31-27-45(31,44(54)50(59(55)56)32-17-18-32)47-42(52)39-24-34(58-40-26-37(30-15-9-5-10-16-30)46-38-23-33(57-2)19-20-35(38)40)28-49(39)43(53)36(29-13-7-4-8-14-29)25-41(51)48-21-11-6-12-22-48/h3,5,9-10,15-16,19-20,23,26,29,31-32,34,36,39H,1,4,6-8,11-14,17-18,21-22,24-25,27-28H2,2H3,(H,47,52)(H,55,56)/t31?,34-,36+,39?,45?/m1/s1. The van der Waals surface area contributed by atoms with Crippen molar-refractivity contribution in [2.45, 2.75) is 107 Å². The number of nitrogens with zero attached hydrogens (tertiary/aromatic N) is 4. The number of ether oxygens (including phenoxy) is 2. The molecule has 4 amide bonds. The van der Waals surface area contributed by atoms with Crippen LogP contribution in [0.15, 0.2) is 67.3 Å². The fourth-order valence-electron chi connectivity index (χ4n) is 9.57. The lowest BCUT2D eigenvalue weighted by Crippen LogP contribution is -2.57. The maximum atomic E-state index is 15.2. The number of aromatic nitrogens is 1. The van der Waals surface area contributed by atoms with E-state index >= 15 is 4.79 Å². The molecule has 2 aromatic carbocycles. The number of methoxy groups -OCH3 is 1. The van der Waals surface area contributed by atoms with Crippen molar-refractivity contribution in [2.24, 2.45) is 17.8 Å². The number of carbonyl (C=O) groups is 4. The van der Waals surface area contributed by atoms with Gasteiger partial charge in [-0.2, -0.15) is 0 Å². The summed E-state index contributed by atoms with van der Waals surface area (Å²) in [7, 11) is 1.60. The number of hydrogen-bond donors (Lipinski definition) is 2. The lowest BCUT2D eigenvalue weighted by Gasteiger charge is -2.36. The topological polar surface area (TPSA) is 159 Å². The van der Waals surface area contributed by atoms with Crippen molar-refractivity contribution in [3.8, 4) is 22.8 Å². The fraction of sp³-hybridized carbons (Fsp3) is 0.533. The average Bonchev–Trinajstić information content (AvgIpc) is 4.19. The van der Waals surface area contributed by atoms with Gasteiger partial charge in [-0.3, -0.25) is 23.7 Å². The van der Waals surface area contributed by atoms with E-state index in [1.54, 1.807) is 18.1 Å². The summed E-state index contributed by atoms with van der Waals surface area (Å²) in [6.45, 7) is 5.33. The second-order valence-electron chi connectivity index (χ2n) is 17.0. The third kappa shape index (κ3) is 8.61. The minimum Gasteiger partial charge on any atom is -0.497 e. The minimum absolute atomic E-state index is 0.00523. The molecule has 6 atom stereocenters. The maximum absolute atomic E-state index is 15.2. The number of nitrogens with one attached hydrogen (secondary N) is 1. The quantitative estimate of drug-likeness (QED) is 0.146. The number of carbonyl (C=O) groups excluding carboxylic acids is 4. The van der Waals surface area contributed by atoms with Crippen LogP contribution in [-0.2, 0) is 30.4 Å². The lowest BCUT2D eigenvalue weighted by molar-refractivity contribution is -0.147. The highest BCUT2D eigenvalue weighted by Gasteiger charge is 2.64. The summed E-state index contributed by atoms with van der Waals surface area (Å²) in [5.41, 5.74) is 0.768. The molecular weight excluding hydrogens is 771 g/mol. The van der Waals surface area contributed by atoms with Gasteiger partial charge in [-0.1, -0.05) is 55.7 Å². The van der Waals surface area contributed by atoms with E-state index in [4.69, 9.17) is 14.5 Å². The molecule has 0 bridgehead atoms. The zero-order valence-electron chi connectivity index (χ0n) is 33.8. The van der Waals surface area contributed by atoms with E-state index in [9.17, 15) is 23.1 Å². The first kappa shape index (κ1) is 40.9. The predicted molar refractivity (Wildman–Crippen MR) is 223 cm³/mol. The number of piperidine rings is 1. The number of amides is 4. The Morgan fingerprint density at radius 1 is 1.02 bits per heavy atom. The summed E-state index contributed by atoms with van der Waals surface area (Å²) < 4.78 is 35.9. The van der Waals surface area contributed by atoms with Gasteiger partial charge in [0.1, 0.15) is 29.2 Å². The van der Waals surface area contributed by atoms with Crippen LogP contribution in [0.5, 0.6) is 11.5 Å². The molecule has 5 aliphatic rings. The van der Waals surface area contributed by atoms with E-state index in [1.165, 1.54) is 0 Å². The van der Waals surface area contributed by atoms with Gasteiger partial charge >= 0.3 is 0 Å². The van der Waals surface area contributed by atoms with Crippen LogP contribution in [-0.4, -0.2) is 102 Å². The third-order valence-electron chi connectivity index (χ3n) is 13.1. The zero-order valence-corrected chi connectivity index (χ0v) is 34.6. The largest absolute Gasteiger partial charge is 0.497 e. The summed E-state index contributed by atoms with van der Waals surface area (Å²) in [4.78, 5) is 66.2. The van der Waals surface area contributed by atoms with E-state index < -0.39 is 52.6 Å². The molecule has 3 aromatic rings. The Bertz CT molecular complexity index is 2100. The van der Waals surface area contributed by atoms with Gasteiger partial charge in [0.2, 0.25) is 17.7 Å². The normalized spacial score (nSPS) is 25.5. The Morgan fingerprint density at radius 3 is 2.41 bits per heavy atom. The Morgan fingerprint density at radius 2 is 1.75 bits per heavy atom. The first-order chi connectivity index (χ1) is 28.6. The number of likely N-dealkylation sites (tertiary alicyclic amines) is 2. The number of hydrogen-bond acceptors (Lipinski definition) is 8. The number of rotatable bonds is 14. The van der Waals surface area contributed by atoms with Crippen LogP contribution in [0.4, 0.5) is 0 Å². The molecule has 0 radical (unpaired) electrons. The Kier molecular flexibility index (Phi) is 12.1. The van der Waals surface area contributed by atoms with E-state index in [0.29, 0.717) is 48.6 Å². The molecule has 3 saturated carbocycles. The second-order valence-corrected chi connectivity index (χ2v) is 17.8. The molecule has 14 heteroatoms. The smallest absolute Gasteiger partial charge is 0.264 e. The number of fused-ring (bicyclic) bond motifs is 1. The van der Waals surface area contributed by atoms with Crippen LogP contribution in [0.2, 0.25) is 0 Å². The monoisotopic (exact) mass is 825 g/mol. The highest BCUT2D eigenvalue weighted by molar-refractivity contribution is 7.77. The first-order valence-corrected chi connectivity index (χ1v) is 22.3. The summed E-state index contributed by atoms with van der Waals surface area (Å²) >= 11 is -2.57. The van der Waals surface area contributed by atoms with Crippen molar-refractivity contribution in [3.63, 3.8) is 0 Å². The minimum atomic E-state index is -2.57. The highest BCUT2D eigenvalue weighted by Crippen LogP contribution is 2.48. The summed E-state index contributed by atoms with van der Waals surface area (Å²) in [5, 5.41) is 3.72. The van der Waals surface area contributed by atoms with E-state index in [0.717, 1.165) is 66.6 Å². The van der Waals surface area contributed by atoms with Crippen LogP contribution in [0.1, 0.15) is 83.5 Å². The number of pyridine rings is 1. The molecule has 59 heavy (non-hydrogen) atoms. The third-order valence-corrected chi connectivity index (χ3v) is 13.9. The van der Waals surface area contributed by atoms with Gasteiger partial charge < -0.3 is 24.6 Å². The molecule has 3 heterocycles.